The maximum Gasteiger partial charge on any atom is 0.250 e. The van der Waals surface area contributed by atoms with E-state index in [0.717, 1.165) is 0 Å². The summed E-state index contributed by atoms with van der Waals surface area (Å²) < 4.78 is 0. The van der Waals surface area contributed by atoms with Crippen LogP contribution in [-0.4, -0.2) is 11.8 Å². The molecular formula is C14H16N4O2. The summed E-state index contributed by atoms with van der Waals surface area (Å²) >= 11 is 0. The molecule has 6 nitrogen and oxygen atoms in total. The molecule has 0 atom stereocenters. The van der Waals surface area contributed by atoms with Gasteiger partial charge in [0.15, 0.2) is 0 Å². The molecular weight excluding hydrogens is 256 g/mol. The molecule has 0 saturated carbocycles. The summed E-state index contributed by atoms with van der Waals surface area (Å²) in [6, 6.07) is 4.78. The number of amides is 2. The Morgan fingerprint density at radius 3 is 2.15 bits per heavy atom. The first kappa shape index (κ1) is 15.3. The van der Waals surface area contributed by atoms with Crippen LogP contribution in [0, 0.1) is 5.53 Å². The second kappa shape index (κ2) is 6.42. The van der Waals surface area contributed by atoms with Gasteiger partial charge in [0.1, 0.15) is 5.69 Å². The highest BCUT2D eigenvalue weighted by molar-refractivity contribution is 6.10. The Balaban J connectivity index is 3.20. The first-order chi connectivity index (χ1) is 9.36. The van der Waals surface area contributed by atoms with Crippen LogP contribution < -0.4 is 10.6 Å². The third-order valence-electron chi connectivity index (χ3n) is 2.42. The highest BCUT2D eigenvalue weighted by Crippen LogP contribution is 2.33. The topological polar surface area (TPSA) is 94.4 Å². The van der Waals surface area contributed by atoms with E-state index in [9.17, 15) is 9.59 Å². The van der Waals surface area contributed by atoms with Gasteiger partial charge in [-0.2, -0.15) is 5.11 Å². The number of benzene rings is 1. The van der Waals surface area contributed by atoms with Gasteiger partial charge in [-0.1, -0.05) is 19.2 Å². The lowest BCUT2D eigenvalue weighted by molar-refractivity contribution is -0.113. The van der Waals surface area contributed by atoms with E-state index in [4.69, 9.17) is 5.53 Å². The first-order valence-corrected chi connectivity index (χ1v) is 5.81. The maximum atomic E-state index is 11.7. The van der Waals surface area contributed by atoms with Crippen molar-refractivity contribution in [2.45, 2.75) is 13.8 Å². The molecule has 0 aliphatic heterocycles. The molecule has 0 aromatic heterocycles. The average Bonchev–Trinajstić information content (AvgIpc) is 2.39. The second-order valence-corrected chi connectivity index (χ2v) is 4.28. The predicted octanol–water partition coefficient (Wildman–Crippen LogP) is 3.38. The number of rotatable bonds is 5. The highest BCUT2D eigenvalue weighted by Gasteiger charge is 2.14. The van der Waals surface area contributed by atoms with Crippen molar-refractivity contribution in [1.82, 2.24) is 0 Å². The molecule has 0 saturated heterocycles. The van der Waals surface area contributed by atoms with Crippen molar-refractivity contribution < 1.29 is 9.59 Å². The summed E-state index contributed by atoms with van der Waals surface area (Å²) in [5.74, 6) is -0.787. The molecule has 0 heterocycles. The van der Waals surface area contributed by atoms with E-state index in [2.05, 4.69) is 28.9 Å². The molecule has 1 aromatic rings. The van der Waals surface area contributed by atoms with Crippen molar-refractivity contribution in [2.75, 3.05) is 10.6 Å². The number of nitrogens with one attached hydrogen (secondary N) is 3. The Kier molecular flexibility index (Phi) is 4.91. The summed E-state index contributed by atoms with van der Waals surface area (Å²) in [7, 11) is 0. The van der Waals surface area contributed by atoms with Crippen LogP contribution in [0.5, 0.6) is 0 Å². The average molecular weight is 272 g/mol. The van der Waals surface area contributed by atoms with Gasteiger partial charge in [-0.15, -0.1) is 0 Å². The van der Waals surface area contributed by atoms with Gasteiger partial charge in [0.2, 0.25) is 0 Å². The molecule has 6 heteroatoms. The van der Waals surface area contributed by atoms with E-state index in [-0.39, 0.29) is 17.3 Å². The standard InChI is InChI=1S/C14H16N4O2/c1-8(2)13(19)16-10-6-5-7-11(18-15)12(10)17-14(20)9(3)4/h5-7,15H,1,3H2,2,4H3,(H,16,19)(H,17,20). The Bertz CT molecular complexity index is 605. The van der Waals surface area contributed by atoms with Crippen molar-refractivity contribution in [1.29, 1.82) is 5.53 Å². The number of anilines is 2. The van der Waals surface area contributed by atoms with Crippen LogP contribution in [0.15, 0.2) is 47.6 Å². The molecule has 0 aliphatic rings. The molecule has 104 valence electrons. The molecule has 3 N–H and O–H groups in total. The third kappa shape index (κ3) is 3.61. The van der Waals surface area contributed by atoms with Crippen LogP contribution in [0.2, 0.25) is 0 Å². The molecule has 0 aliphatic carbocycles. The van der Waals surface area contributed by atoms with Gasteiger partial charge in [-0.25, -0.2) is 5.53 Å². The van der Waals surface area contributed by atoms with Crippen LogP contribution >= 0.6 is 0 Å². The normalized spacial score (nSPS) is 9.50. The van der Waals surface area contributed by atoms with Crippen molar-refractivity contribution in [3.63, 3.8) is 0 Å². The summed E-state index contributed by atoms with van der Waals surface area (Å²) in [5, 5.41) is 8.51. The largest absolute Gasteiger partial charge is 0.320 e. The minimum absolute atomic E-state index is 0.235. The number of hydrogen-bond acceptors (Lipinski definition) is 4. The smallest absolute Gasteiger partial charge is 0.250 e. The molecule has 0 unspecified atom stereocenters. The minimum Gasteiger partial charge on any atom is -0.320 e. The second-order valence-electron chi connectivity index (χ2n) is 4.28. The fourth-order valence-electron chi connectivity index (χ4n) is 1.32. The molecule has 1 aromatic carbocycles. The Morgan fingerprint density at radius 1 is 1.10 bits per heavy atom. The summed E-state index contributed by atoms with van der Waals surface area (Å²) in [6.07, 6.45) is 0. The van der Waals surface area contributed by atoms with E-state index in [1.54, 1.807) is 32.0 Å². The van der Waals surface area contributed by atoms with Gasteiger partial charge in [0.05, 0.1) is 11.4 Å². The van der Waals surface area contributed by atoms with Crippen LogP contribution in [0.25, 0.3) is 0 Å². The maximum absolute atomic E-state index is 11.7. The zero-order valence-corrected chi connectivity index (χ0v) is 11.4. The molecule has 0 spiro atoms. The van der Waals surface area contributed by atoms with E-state index in [0.29, 0.717) is 16.8 Å². The van der Waals surface area contributed by atoms with Gasteiger partial charge in [-0.3, -0.25) is 9.59 Å². The van der Waals surface area contributed by atoms with E-state index >= 15 is 0 Å². The SMILES string of the molecule is C=C(C)C(=O)Nc1cccc(N=N)c1NC(=O)C(=C)C. The molecule has 0 radical (unpaired) electrons. The first-order valence-electron chi connectivity index (χ1n) is 5.81. The predicted molar refractivity (Wildman–Crippen MR) is 78.1 cm³/mol. The van der Waals surface area contributed by atoms with Gasteiger partial charge < -0.3 is 10.6 Å². The Labute approximate surface area is 117 Å². The van der Waals surface area contributed by atoms with Crippen LogP contribution in [0.1, 0.15) is 13.8 Å². The molecule has 0 bridgehead atoms. The van der Waals surface area contributed by atoms with Crippen molar-refractivity contribution in [2.24, 2.45) is 5.11 Å². The van der Waals surface area contributed by atoms with Crippen molar-refractivity contribution >= 4 is 28.9 Å². The Hall–Kier alpha value is -2.76. The quantitative estimate of drug-likeness (QED) is 0.566. The van der Waals surface area contributed by atoms with E-state index in [1.807, 2.05) is 0 Å². The lowest BCUT2D eigenvalue weighted by Crippen LogP contribution is -2.17. The molecule has 0 fully saturated rings. The molecule has 2 amide bonds. The van der Waals surface area contributed by atoms with E-state index < -0.39 is 5.91 Å². The van der Waals surface area contributed by atoms with Crippen LogP contribution in [-0.2, 0) is 9.59 Å². The van der Waals surface area contributed by atoms with Gasteiger partial charge in [0.25, 0.3) is 11.8 Å². The minimum atomic E-state index is -0.410. The van der Waals surface area contributed by atoms with Crippen LogP contribution in [0.3, 0.4) is 0 Å². The summed E-state index contributed by atoms with van der Waals surface area (Å²) in [5.41, 5.74) is 8.60. The summed E-state index contributed by atoms with van der Waals surface area (Å²) in [4.78, 5) is 23.4. The monoisotopic (exact) mass is 272 g/mol. The van der Waals surface area contributed by atoms with Crippen LogP contribution in [0.4, 0.5) is 17.1 Å². The molecule has 20 heavy (non-hydrogen) atoms. The van der Waals surface area contributed by atoms with Gasteiger partial charge >= 0.3 is 0 Å². The number of para-hydroxylation sites is 1. The van der Waals surface area contributed by atoms with Gasteiger partial charge in [-0.05, 0) is 26.0 Å². The molecule has 1 rings (SSSR count). The lowest BCUT2D eigenvalue weighted by Gasteiger charge is -2.14. The lowest BCUT2D eigenvalue weighted by atomic mass is 10.2. The Morgan fingerprint density at radius 2 is 1.65 bits per heavy atom. The highest BCUT2D eigenvalue weighted by atomic mass is 16.2. The zero-order valence-electron chi connectivity index (χ0n) is 11.4. The number of nitrogens with zero attached hydrogens (tertiary/aromatic N) is 1. The summed E-state index contributed by atoms with van der Waals surface area (Å²) in [6.45, 7) is 10.2. The zero-order chi connectivity index (χ0) is 15.3. The number of carbonyl (C=O) groups is 2. The third-order valence-corrected chi connectivity index (χ3v) is 2.42. The van der Waals surface area contributed by atoms with Crippen molar-refractivity contribution in [3.8, 4) is 0 Å². The van der Waals surface area contributed by atoms with E-state index in [1.165, 1.54) is 0 Å². The fraction of sp³-hybridized carbons (Fsp3) is 0.143. The fourth-order valence-corrected chi connectivity index (χ4v) is 1.32. The number of hydrogen-bond donors (Lipinski definition) is 3. The van der Waals surface area contributed by atoms with Crippen molar-refractivity contribution in [3.05, 3.63) is 42.5 Å². The number of carbonyl (C=O) groups excluding carboxylic acids is 2. The van der Waals surface area contributed by atoms with Gasteiger partial charge in [0, 0.05) is 11.1 Å².